The molecule has 1 amide bonds. The Bertz CT molecular complexity index is 317. The third-order valence-corrected chi connectivity index (χ3v) is 1.59. The van der Waals surface area contributed by atoms with Crippen molar-refractivity contribution in [3.8, 4) is 0 Å². The molecule has 0 radical (unpaired) electrons. The van der Waals surface area contributed by atoms with Gasteiger partial charge in [-0.25, -0.2) is 4.98 Å². The van der Waals surface area contributed by atoms with Gasteiger partial charge in [0.2, 0.25) is 5.91 Å². The number of hydrogen-bond donors (Lipinski definition) is 0. The van der Waals surface area contributed by atoms with E-state index < -0.39 is 0 Å². The van der Waals surface area contributed by atoms with Crippen LogP contribution < -0.4 is 0 Å². The Morgan fingerprint density at radius 2 is 2.38 bits per heavy atom. The largest absolute Gasteiger partial charge is 0.347 e. The lowest BCUT2D eigenvalue weighted by atomic mass is 10.5. The van der Waals surface area contributed by atoms with Crippen LogP contribution in [0.2, 0.25) is 0 Å². The van der Waals surface area contributed by atoms with Crippen molar-refractivity contribution in [3.05, 3.63) is 18.2 Å². The van der Waals surface area contributed by atoms with Crippen molar-refractivity contribution >= 4 is 12.2 Å². The van der Waals surface area contributed by atoms with Gasteiger partial charge in [-0.3, -0.25) is 9.59 Å². The average Bonchev–Trinajstić information content (AvgIpc) is 2.52. The minimum atomic E-state index is -0.0325. The van der Waals surface area contributed by atoms with Gasteiger partial charge in [0.1, 0.15) is 12.2 Å². The maximum absolute atomic E-state index is 11.2. The van der Waals surface area contributed by atoms with Crippen molar-refractivity contribution in [2.45, 2.75) is 6.54 Å². The van der Waals surface area contributed by atoms with E-state index in [2.05, 4.69) is 4.98 Å². The van der Waals surface area contributed by atoms with Gasteiger partial charge in [0, 0.05) is 20.3 Å². The molecule has 0 aliphatic rings. The van der Waals surface area contributed by atoms with E-state index in [4.69, 9.17) is 0 Å². The molecule has 13 heavy (non-hydrogen) atoms. The lowest BCUT2D eigenvalue weighted by molar-refractivity contribution is -0.129. The lowest BCUT2D eigenvalue weighted by Crippen LogP contribution is -2.25. The molecule has 0 unspecified atom stereocenters. The Morgan fingerprint density at radius 3 is 2.85 bits per heavy atom. The molecule has 0 aliphatic carbocycles. The topological polar surface area (TPSA) is 55.2 Å². The summed E-state index contributed by atoms with van der Waals surface area (Å²) in [6.07, 6.45) is 3.65. The van der Waals surface area contributed by atoms with E-state index in [0.29, 0.717) is 12.0 Å². The van der Waals surface area contributed by atoms with Crippen LogP contribution in [0.25, 0.3) is 0 Å². The van der Waals surface area contributed by atoms with Crippen LogP contribution in [0.15, 0.2) is 12.5 Å². The van der Waals surface area contributed by atoms with E-state index in [9.17, 15) is 9.59 Å². The fourth-order valence-corrected chi connectivity index (χ4v) is 0.822. The van der Waals surface area contributed by atoms with Gasteiger partial charge in [0.15, 0.2) is 6.29 Å². The lowest BCUT2D eigenvalue weighted by Gasteiger charge is -2.09. The first kappa shape index (κ1) is 9.44. The minimum Gasteiger partial charge on any atom is -0.347 e. The maximum atomic E-state index is 11.2. The van der Waals surface area contributed by atoms with Crippen molar-refractivity contribution in [1.82, 2.24) is 14.5 Å². The molecule has 0 aromatic carbocycles. The second-order valence-corrected chi connectivity index (χ2v) is 2.88. The van der Waals surface area contributed by atoms with Gasteiger partial charge in [0.25, 0.3) is 0 Å². The molecule has 0 fully saturated rings. The number of nitrogens with zero attached hydrogens (tertiary/aromatic N) is 3. The molecule has 1 rings (SSSR count). The number of carbonyl (C=O) groups excluding carboxylic acids is 2. The predicted octanol–water partition coefficient (Wildman–Crippen LogP) is -0.216. The third kappa shape index (κ3) is 2.40. The molecule has 0 atom stereocenters. The van der Waals surface area contributed by atoms with E-state index in [-0.39, 0.29) is 12.5 Å². The number of hydrogen-bond acceptors (Lipinski definition) is 3. The molecule has 1 aromatic rings. The number of likely N-dealkylation sites (N-methyl/N-ethyl adjacent to an activating group) is 1. The van der Waals surface area contributed by atoms with E-state index in [0.717, 1.165) is 0 Å². The van der Waals surface area contributed by atoms with Gasteiger partial charge in [-0.2, -0.15) is 0 Å². The number of carbonyl (C=O) groups is 2. The zero-order chi connectivity index (χ0) is 9.84. The summed E-state index contributed by atoms with van der Waals surface area (Å²) in [7, 11) is 3.36. The van der Waals surface area contributed by atoms with Gasteiger partial charge in [-0.15, -0.1) is 0 Å². The van der Waals surface area contributed by atoms with Crippen LogP contribution in [0.4, 0.5) is 0 Å². The molecule has 0 N–H and O–H groups in total. The molecule has 1 heterocycles. The molecular weight excluding hydrogens is 170 g/mol. The highest BCUT2D eigenvalue weighted by molar-refractivity contribution is 5.76. The quantitative estimate of drug-likeness (QED) is 0.606. The van der Waals surface area contributed by atoms with E-state index in [1.165, 1.54) is 17.4 Å². The van der Waals surface area contributed by atoms with E-state index in [1.54, 1.807) is 18.7 Å². The molecule has 0 saturated carbocycles. The molecule has 1 aromatic heterocycles. The Kier molecular flexibility index (Phi) is 2.79. The molecule has 0 saturated heterocycles. The normalized spacial score (nSPS) is 9.69. The predicted molar refractivity (Wildman–Crippen MR) is 46.3 cm³/mol. The van der Waals surface area contributed by atoms with Crippen LogP contribution in [0, 0.1) is 0 Å². The minimum absolute atomic E-state index is 0.0325. The zero-order valence-electron chi connectivity index (χ0n) is 7.60. The average molecular weight is 181 g/mol. The van der Waals surface area contributed by atoms with Gasteiger partial charge in [0.05, 0.1) is 6.33 Å². The summed E-state index contributed by atoms with van der Waals surface area (Å²) < 4.78 is 1.58. The summed E-state index contributed by atoms with van der Waals surface area (Å²) in [6, 6.07) is 0. The summed E-state index contributed by atoms with van der Waals surface area (Å²) in [5.41, 5.74) is 0.339. The van der Waals surface area contributed by atoms with Gasteiger partial charge >= 0.3 is 0 Å². The van der Waals surface area contributed by atoms with Crippen molar-refractivity contribution in [2.24, 2.45) is 0 Å². The highest BCUT2D eigenvalue weighted by atomic mass is 16.2. The second kappa shape index (κ2) is 3.84. The number of aldehydes is 1. The van der Waals surface area contributed by atoms with Crippen molar-refractivity contribution in [2.75, 3.05) is 14.1 Å². The van der Waals surface area contributed by atoms with Crippen molar-refractivity contribution < 1.29 is 9.59 Å². The highest BCUT2D eigenvalue weighted by Gasteiger charge is 2.05. The standard InChI is InChI=1S/C8H11N3O2/c1-10(2)8(13)4-11-3-7(5-12)9-6-11/h3,5-6H,4H2,1-2H3. The van der Waals surface area contributed by atoms with Gasteiger partial charge in [-0.1, -0.05) is 0 Å². The Labute approximate surface area is 76.0 Å². The fraction of sp³-hybridized carbons (Fsp3) is 0.375. The van der Waals surface area contributed by atoms with E-state index in [1.807, 2.05) is 0 Å². The van der Waals surface area contributed by atoms with E-state index >= 15 is 0 Å². The summed E-state index contributed by atoms with van der Waals surface area (Å²) in [4.78, 5) is 26.7. The Balaban J connectivity index is 2.64. The monoisotopic (exact) mass is 181 g/mol. The molecule has 70 valence electrons. The SMILES string of the molecule is CN(C)C(=O)Cn1cnc(C=O)c1. The number of amides is 1. The highest BCUT2D eigenvalue weighted by Crippen LogP contribution is 1.93. The summed E-state index contributed by atoms with van der Waals surface area (Å²) >= 11 is 0. The summed E-state index contributed by atoms with van der Waals surface area (Å²) in [6.45, 7) is 0.216. The van der Waals surface area contributed by atoms with Crippen molar-refractivity contribution in [1.29, 1.82) is 0 Å². The van der Waals surface area contributed by atoms with Crippen LogP contribution in [-0.4, -0.2) is 40.7 Å². The van der Waals surface area contributed by atoms with Crippen LogP contribution >= 0.6 is 0 Å². The molecular formula is C8H11N3O2. The number of aromatic nitrogens is 2. The molecule has 5 heteroatoms. The first-order valence-corrected chi connectivity index (χ1v) is 3.80. The number of imidazole rings is 1. The summed E-state index contributed by atoms with van der Waals surface area (Å²) in [5, 5.41) is 0. The van der Waals surface area contributed by atoms with Gasteiger partial charge in [-0.05, 0) is 0 Å². The zero-order valence-corrected chi connectivity index (χ0v) is 7.60. The molecule has 5 nitrogen and oxygen atoms in total. The maximum Gasteiger partial charge on any atom is 0.242 e. The Hall–Kier alpha value is -1.65. The molecule has 0 spiro atoms. The Morgan fingerprint density at radius 1 is 1.69 bits per heavy atom. The third-order valence-electron chi connectivity index (χ3n) is 1.59. The van der Waals surface area contributed by atoms with Crippen LogP contribution in [-0.2, 0) is 11.3 Å². The van der Waals surface area contributed by atoms with Crippen LogP contribution in [0.5, 0.6) is 0 Å². The fourth-order valence-electron chi connectivity index (χ4n) is 0.822. The summed E-state index contributed by atoms with van der Waals surface area (Å²) in [5.74, 6) is -0.0325. The van der Waals surface area contributed by atoms with Crippen molar-refractivity contribution in [3.63, 3.8) is 0 Å². The van der Waals surface area contributed by atoms with Crippen LogP contribution in [0.1, 0.15) is 10.5 Å². The first-order chi connectivity index (χ1) is 6.13. The first-order valence-electron chi connectivity index (χ1n) is 3.80. The molecule has 0 aliphatic heterocycles. The van der Waals surface area contributed by atoms with Gasteiger partial charge < -0.3 is 9.47 Å². The smallest absolute Gasteiger partial charge is 0.242 e. The second-order valence-electron chi connectivity index (χ2n) is 2.88. The molecule has 0 bridgehead atoms. The number of rotatable bonds is 3. The van der Waals surface area contributed by atoms with Crippen LogP contribution in [0.3, 0.4) is 0 Å².